The van der Waals surface area contributed by atoms with Gasteiger partial charge in [-0.25, -0.2) is 0 Å². The smallest absolute Gasteiger partial charge is 0.116 e. The molecular weight excluding hydrogens is 443 g/mol. The molecule has 1 nitrogen and oxygen atoms in total. The van der Waals surface area contributed by atoms with Gasteiger partial charge in [0, 0.05) is 11.0 Å². The van der Waals surface area contributed by atoms with Gasteiger partial charge in [0.25, 0.3) is 0 Å². The van der Waals surface area contributed by atoms with Crippen molar-refractivity contribution in [2.24, 2.45) is 5.41 Å². The minimum atomic E-state index is -1.90. The minimum absolute atomic E-state index is 0.0933. The first-order chi connectivity index (χ1) is 16.8. The number of allylic oxidation sites excluding steroid dienone is 3. The highest BCUT2D eigenvalue weighted by molar-refractivity contribution is 7.95. The zero-order chi connectivity index (χ0) is 24.9. The third-order valence-corrected chi connectivity index (χ3v) is 11.3. The summed E-state index contributed by atoms with van der Waals surface area (Å²) in [6.45, 7) is 8.63. The molecule has 0 radical (unpaired) electrons. The molecular formula is C33H36OP+. The molecule has 1 N–H and O–H groups in total. The van der Waals surface area contributed by atoms with Crippen LogP contribution in [-0.2, 0) is 0 Å². The number of aliphatic hydroxyl groups is 1. The quantitative estimate of drug-likeness (QED) is 0.330. The Balaban J connectivity index is 1.78. The Morgan fingerprint density at radius 2 is 1.34 bits per heavy atom. The number of rotatable bonds is 5. The van der Waals surface area contributed by atoms with Crippen molar-refractivity contribution in [3.8, 4) is 11.8 Å². The molecule has 1 atom stereocenters. The largest absolute Gasteiger partial charge is 0.393 e. The highest BCUT2D eigenvalue weighted by Crippen LogP contribution is 2.55. The van der Waals surface area contributed by atoms with E-state index in [1.54, 1.807) is 0 Å². The molecule has 1 aliphatic carbocycles. The lowest BCUT2D eigenvalue weighted by atomic mass is 9.72. The molecule has 0 aliphatic heterocycles. The summed E-state index contributed by atoms with van der Waals surface area (Å²) >= 11 is 0. The Labute approximate surface area is 212 Å². The molecule has 0 heterocycles. The normalized spacial score (nSPS) is 18.1. The van der Waals surface area contributed by atoms with E-state index in [1.165, 1.54) is 27.1 Å². The summed E-state index contributed by atoms with van der Waals surface area (Å²) in [6, 6.07) is 32.9. The number of aliphatic hydroxyl groups excluding tert-OH is 1. The highest BCUT2D eigenvalue weighted by Gasteiger charge is 2.44. The summed E-state index contributed by atoms with van der Waals surface area (Å²) in [5, 5.41) is 14.4. The van der Waals surface area contributed by atoms with E-state index in [2.05, 4.69) is 137 Å². The van der Waals surface area contributed by atoms with Gasteiger partial charge < -0.3 is 5.11 Å². The van der Waals surface area contributed by atoms with Crippen LogP contribution in [-0.4, -0.2) is 17.4 Å². The van der Waals surface area contributed by atoms with Gasteiger partial charge in [0.1, 0.15) is 23.2 Å². The van der Waals surface area contributed by atoms with E-state index in [4.69, 9.17) is 0 Å². The SMILES string of the molecule is CC(C#CC1=C(C)C[C@@H](O)CC1(C)C)=CC[P+](c1ccccc1)(c1ccccc1)c1ccccc1. The molecule has 3 aromatic rings. The van der Waals surface area contributed by atoms with Crippen molar-refractivity contribution < 1.29 is 5.11 Å². The van der Waals surface area contributed by atoms with Gasteiger partial charge in [-0.1, -0.05) is 85.9 Å². The number of benzene rings is 3. The van der Waals surface area contributed by atoms with E-state index in [-0.39, 0.29) is 11.5 Å². The van der Waals surface area contributed by atoms with E-state index in [0.717, 1.165) is 24.6 Å². The van der Waals surface area contributed by atoms with Crippen LogP contribution >= 0.6 is 7.26 Å². The van der Waals surface area contributed by atoms with Crippen molar-refractivity contribution in [1.82, 2.24) is 0 Å². The molecule has 0 aromatic heterocycles. The average molecular weight is 480 g/mol. The monoisotopic (exact) mass is 479 g/mol. The summed E-state index contributed by atoms with van der Waals surface area (Å²) in [5.74, 6) is 6.97. The number of hydrogen-bond donors (Lipinski definition) is 1. The molecule has 0 fully saturated rings. The predicted octanol–water partition coefficient (Wildman–Crippen LogP) is 6.43. The molecule has 0 saturated heterocycles. The van der Waals surface area contributed by atoms with Crippen LogP contribution in [0.4, 0.5) is 0 Å². The van der Waals surface area contributed by atoms with Gasteiger partial charge in [0.05, 0.1) is 12.3 Å². The fourth-order valence-corrected chi connectivity index (χ4v) is 9.49. The van der Waals surface area contributed by atoms with Gasteiger partial charge in [0.2, 0.25) is 0 Å². The third-order valence-electron chi connectivity index (χ3n) is 7.04. The Kier molecular flexibility index (Phi) is 7.76. The van der Waals surface area contributed by atoms with Crippen LogP contribution in [0.15, 0.2) is 114 Å². The van der Waals surface area contributed by atoms with Gasteiger partial charge >= 0.3 is 0 Å². The Morgan fingerprint density at radius 1 is 0.886 bits per heavy atom. The average Bonchev–Trinajstić information content (AvgIpc) is 2.85. The maximum Gasteiger partial charge on any atom is 0.116 e. The second-order valence-corrected chi connectivity index (χ2v) is 13.8. The van der Waals surface area contributed by atoms with Gasteiger partial charge in [-0.05, 0) is 74.7 Å². The highest BCUT2D eigenvalue weighted by atomic mass is 31.2. The molecule has 0 saturated carbocycles. The molecule has 35 heavy (non-hydrogen) atoms. The van der Waals surface area contributed by atoms with E-state index in [9.17, 15) is 5.11 Å². The van der Waals surface area contributed by atoms with Gasteiger partial charge in [-0.3, -0.25) is 0 Å². The van der Waals surface area contributed by atoms with Crippen molar-refractivity contribution >= 4 is 23.2 Å². The fourth-order valence-electron chi connectivity index (χ4n) is 5.37. The van der Waals surface area contributed by atoms with Crippen molar-refractivity contribution in [3.05, 3.63) is 114 Å². The molecule has 178 valence electrons. The topological polar surface area (TPSA) is 20.2 Å². The predicted molar refractivity (Wildman–Crippen MR) is 153 cm³/mol. The first-order valence-electron chi connectivity index (χ1n) is 12.4. The molecule has 1 aliphatic rings. The van der Waals surface area contributed by atoms with E-state index in [1.807, 2.05) is 0 Å². The molecule has 4 rings (SSSR count). The maximum atomic E-state index is 10.2. The molecule has 3 aromatic carbocycles. The van der Waals surface area contributed by atoms with Crippen LogP contribution in [0.1, 0.15) is 40.5 Å². The van der Waals surface area contributed by atoms with Crippen molar-refractivity contribution in [2.45, 2.75) is 46.6 Å². The maximum absolute atomic E-state index is 10.2. The van der Waals surface area contributed by atoms with Crippen LogP contribution in [0.25, 0.3) is 0 Å². The van der Waals surface area contributed by atoms with E-state index < -0.39 is 7.26 Å². The summed E-state index contributed by atoms with van der Waals surface area (Å²) in [7, 11) is -1.90. The van der Waals surface area contributed by atoms with Crippen LogP contribution in [0, 0.1) is 17.3 Å². The Morgan fingerprint density at radius 3 is 1.77 bits per heavy atom. The van der Waals surface area contributed by atoms with Gasteiger partial charge in [-0.15, -0.1) is 0 Å². The Hall–Kier alpha value is -2.91. The van der Waals surface area contributed by atoms with Gasteiger partial charge in [0.15, 0.2) is 0 Å². The molecule has 0 amide bonds. The summed E-state index contributed by atoms with van der Waals surface area (Å²) in [6.07, 6.45) is 4.49. The lowest BCUT2D eigenvalue weighted by Crippen LogP contribution is -2.33. The number of hydrogen-bond acceptors (Lipinski definition) is 1. The fraction of sp³-hybridized carbons (Fsp3) is 0.273. The zero-order valence-corrected chi connectivity index (χ0v) is 22.2. The summed E-state index contributed by atoms with van der Waals surface area (Å²) in [4.78, 5) is 0. The lowest BCUT2D eigenvalue weighted by Gasteiger charge is -2.34. The van der Waals surface area contributed by atoms with Crippen molar-refractivity contribution in [3.63, 3.8) is 0 Å². The lowest BCUT2D eigenvalue weighted by molar-refractivity contribution is 0.117. The molecule has 0 unspecified atom stereocenters. The minimum Gasteiger partial charge on any atom is -0.393 e. The second kappa shape index (κ2) is 10.8. The van der Waals surface area contributed by atoms with Crippen molar-refractivity contribution in [2.75, 3.05) is 6.16 Å². The van der Waals surface area contributed by atoms with Crippen LogP contribution in [0.3, 0.4) is 0 Å². The third kappa shape index (κ3) is 5.51. The first kappa shape index (κ1) is 25.2. The van der Waals surface area contributed by atoms with Crippen LogP contribution in [0.2, 0.25) is 0 Å². The zero-order valence-electron chi connectivity index (χ0n) is 21.3. The first-order valence-corrected chi connectivity index (χ1v) is 14.4. The summed E-state index contributed by atoms with van der Waals surface area (Å²) in [5.41, 5.74) is 3.41. The summed E-state index contributed by atoms with van der Waals surface area (Å²) < 4.78 is 0. The van der Waals surface area contributed by atoms with Crippen LogP contribution in [0.5, 0.6) is 0 Å². The van der Waals surface area contributed by atoms with Crippen LogP contribution < -0.4 is 15.9 Å². The molecule has 0 spiro atoms. The molecule has 2 heteroatoms. The molecule has 0 bridgehead atoms. The van der Waals surface area contributed by atoms with E-state index >= 15 is 0 Å². The second-order valence-electron chi connectivity index (χ2n) is 10.2. The van der Waals surface area contributed by atoms with E-state index in [0.29, 0.717) is 0 Å². The van der Waals surface area contributed by atoms with Crippen molar-refractivity contribution in [1.29, 1.82) is 0 Å². The standard InChI is InChI=1S/C33H36OP/c1-26(20-21-32-27(2)24-28(34)25-33(32,3)4)22-23-35(29-14-8-5-9-15-29,30-16-10-6-11-17-30)31-18-12-7-13-19-31/h5-19,22,28,34H,23-25H2,1-4H3/q+1/t28-/m1/s1. The van der Waals surface area contributed by atoms with Gasteiger partial charge in [-0.2, -0.15) is 0 Å². The Bertz CT molecular complexity index is 1160.